The van der Waals surface area contributed by atoms with E-state index in [0.717, 1.165) is 10.6 Å². The first-order valence-electron chi connectivity index (χ1n) is 6.56. The van der Waals surface area contributed by atoms with Gasteiger partial charge in [-0.1, -0.05) is 0 Å². The van der Waals surface area contributed by atoms with Crippen LogP contribution < -0.4 is 5.32 Å². The molecule has 110 valence electrons. The summed E-state index contributed by atoms with van der Waals surface area (Å²) < 4.78 is 4.90. The Bertz CT molecular complexity index is 635. The van der Waals surface area contributed by atoms with Crippen LogP contribution in [0.15, 0.2) is 29.8 Å². The van der Waals surface area contributed by atoms with Crippen molar-refractivity contribution in [1.82, 2.24) is 4.98 Å². The van der Waals surface area contributed by atoms with Crippen molar-refractivity contribution in [3.05, 3.63) is 45.9 Å². The van der Waals surface area contributed by atoms with E-state index in [1.807, 2.05) is 6.92 Å². The number of hydrogen-bond donors (Lipinski definition) is 1. The van der Waals surface area contributed by atoms with Crippen LogP contribution in [0.5, 0.6) is 0 Å². The fourth-order valence-electron chi connectivity index (χ4n) is 1.75. The predicted molar refractivity (Wildman–Crippen MR) is 81.6 cm³/mol. The van der Waals surface area contributed by atoms with Crippen LogP contribution in [-0.2, 0) is 16.0 Å². The number of amides is 1. The number of carbonyl (C=O) groups is 2. The lowest BCUT2D eigenvalue weighted by molar-refractivity contribution is -0.115. The molecule has 0 fully saturated rings. The van der Waals surface area contributed by atoms with Crippen molar-refractivity contribution in [1.29, 1.82) is 0 Å². The monoisotopic (exact) mass is 304 g/mol. The van der Waals surface area contributed by atoms with Crippen molar-refractivity contribution in [3.63, 3.8) is 0 Å². The van der Waals surface area contributed by atoms with E-state index in [1.165, 1.54) is 11.3 Å². The highest BCUT2D eigenvalue weighted by Crippen LogP contribution is 2.15. The summed E-state index contributed by atoms with van der Waals surface area (Å²) in [6, 6.07) is 6.63. The number of nitrogens with one attached hydrogen (secondary N) is 1. The molecular weight excluding hydrogens is 288 g/mol. The van der Waals surface area contributed by atoms with Crippen LogP contribution in [0.2, 0.25) is 0 Å². The Morgan fingerprint density at radius 3 is 2.57 bits per heavy atom. The molecule has 0 spiro atoms. The Morgan fingerprint density at radius 1 is 1.29 bits per heavy atom. The van der Waals surface area contributed by atoms with Crippen LogP contribution >= 0.6 is 11.3 Å². The zero-order chi connectivity index (χ0) is 15.2. The average Bonchev–Trinajstić information content (AvgIpc) is 2.85. The molecule has 0 radical (unpaired) electrons. The normalized spacial score (nSPS) is 10.2. The molecule has 2 rings (SSSR count). The molecule has 2 aromatic rings. The molecule has 1 aromatic heterocycles. The van der Waals surface area contributed by atoms with E-state index in [2.05, 4.69) is 10.3 Å². The minimum Gasteiger partial charge on any atom is -0.462 e. The zero-order valence-electron chi connectivity index (χ0n) is 11.9. The van der Waals surface area contributed by atoms with Gasteiger partial charge in [-0.15, -0.1) is 11.3 Å². The number of aryl methyl sites for hydroxylation is 1. The van der Waals surface area contributed by atoms with Crippen molar-refractivity contribution in [3.8, 4) is 0 Å². The maximum atomic E-state index is 11.9. The first-order valence-corrected chi connectivity index (χ1v) is 7.44. The van der Waals surface area contributed by atoms with Gasteiger partial charge in [-0.2, -0.15) is 0 Å². The van der Waals surface area contributed by atoms with Gasteiger partial charge in [0.2, 0.25) is 5.91 Å². The molecule has 0 aliphatic rings. The van der Waals surface area contributed by atoms with Crippen molar-refractivity contribution in [2.75, 3.05) is 11.9 Å². The quantitative estimate of drug-likeness (QED) is 0.862. The van der Waals surface area contributed by atoms with Gasteiger partial charge in [0.15, 0.2) is 0 Å². The molecule has 21 heavy (non-hydrogen) atoms. The lowest BCUT2D eigenvalue weighted by Gasteiger charge is -2.06. The highest BCUT2D eigenvalue weighted by atomic mass is 32.1. The molecular formula is C15H16N2O3S. The summed E-state index contributed by atoms with van der Waals surface area (Å²) in [7, 11) is 0. The van der Waals surface area contributed by atoms with Gasteiger partial charge in [0.25, 0.3) is 0 Å². The lowest BCUT2D eigenvalue weighted by atomic mass is 10.2. The Morgan fingerprint density at radius 2 is 2.00 bits per heavy atom. The highest BCUT2D eigenvalue weighted by molar-refractivity contribution is 7.09. The molecule has 0 unspecified atom stereocenters. The Labute approximate surface area is 127 Å². The first kappa shape index (κ1) is 15.2. The highest BCUT2D eigenvalue weighted by Gasteiger charge is 2.10. The molecule has 1 amide bonds. The SMILES string of the molecule is CCOC(=O)c1ccc(NC(=O)Cc2scnc2C)cc1. The lowest BCUT2D eigenvalue weighted by Crippen LogP contribution is -2.14. The number of anilines is 1. The molecule has 0 aliphatic carbocycles. The summed E-state index contributed by atoms with van der Waals surface area (Å²) in [5.41, 5.74) is 3.72. The van der Waals surface area contributed by atoms with Crippen LogP contribution in [0.1, 0.15) is 27.9 Å². The van der Waals surface area contributed by atoms with Crippen molar-refractivity contribution >= 4 is 28.9 Å². The van der Waals surface area contributed by atoms with E-state index in [9.17, 15) is 9.59 Å². The minimum atomic E-state index is -0.365. The minimum absolute atomic E-state index is 0.105. The van der Waals surface area contributed by atoms with Crippen LogP contribution in [0.3, 0.4) is 0 Å². The van der Waals surface area contributed by atoms with Gasteiger partial charge in [-0.25, -0.2) is 9.78 Å². The molecule has 1 N–H and O–H groups in total. The number of rotatable bonds is 5. The summed E-state index contributed by atoms with van der Waals surface area (Å²) in [6.07, 6.45) is 0.302. The number of aromatic nitrogens is 1. The Kier molecular flexibility index (Phi) is 5.05. The fourth-order valence-corrected chi connectivity index (χ4v) is 2.53. The average molecular weight is 304 g/mol. The maximum absolute atomic E-state index is 11.9. The summed E-state index contributed by atoms with van der Waals surface area (Å²) >= 11 is 1.47. The van der Waals surface area contributed by atoms with Gasteiger partial charge in [0.1, 0.15) is 0 Å². The molecule has 0 atom stereocenters. The standard InChI is InChI=1S/C15H16N2O3S/c1-3-20-15(19)11-4-6-12(7-5-11)17-14(18)8-13-10(2)16-9-21-13/h4-7,9H,3,8H2,1-2H3,(H,17,18). The summed E-state index contributed by atoms with van der Waals surface area (Å²) in [6.45, 7) is 3.98. The molecule has 6 heteroatoms. The Hall–Kier alpha value is -2.21. The second-order valence-corrected chi connectivity index (χ2v) is 5.32. The van der Waals surface area contributed by atoms with Gasteiger partial charge >= 0.3 is 5.97 Å². The Balaban J connectivity index is 1.95. The van der Waals surface area contributed by atoms with Crippen LogP contribution in [0, 0.1) is 6.92 Å². The molecule has 0 saturated heterocycles. The maximum Gasteiger partial charge on any atom is 0.338 e. The second-order valence-electron chi connectivity index (χ2n) is 4.38. The molecule has 1 heterocycles. The summed E-state index contributed by atoms with van der Waals surface area (Å²) in [5.74, 6) is -0.470. The van der Waals surface area contributed by atoms with E-state index in [4.69, 9.17) is 4.74 Å². The largest absolute Gasteiger partial charge is 0.462 e. The topological polar surface area (TPSA) is 68.3 Å². The van der Waals surface area contributed by atoms with Gasteiger partial charge in [0, 0.05) is 10.6 Å². The first-order chi connectivity index (χ1) is 10.1. The van der Waals surface area contributed by atoms with Crippen molar-refractivity contribution in [2.24, 2.45) is 0 Å². The second kappa shape index (κ2) is 6.99. The number of thiazole rings is 1. The van der Waals surface area contributed by atoms with Crippen LogP contribution in [-0.4, -0.2) is 23.5 Å². The number of nitrogens with zero attached hydrogens (tertiary/aromatic N) is 1. The van der Waals surface area contributed by atoms with Gasteiger partial charge in [-0.3, -0.25) is 4.79 Å². The molecule has 0 aliphatic heterocycles. The molecule has 1 aromatic carbocycles. The third-order valence-electron chi connectivity index (χ3n) is 2.85. The number of hydrogen-bond acceptors (Lipinski definition) is 5. The number of carbonyl (C=O) groups excluding carboxylic acids is 2. The molecule has 5 nitrogen and oxygen atoms in total. The van der Waals surface area contributed by atoms with Crippen molar-refractivity contribution in [2.45, 2.75) is 20.3 Å². The summed E-state index contributed by atoms with van der Waals surface area (Å²) in [4.78, 5) is 28.5. The zero-order valence-corrected chi connectivity index (χ0v) is 12.7. The van der Waals surface area contributed by atoms with E-state index in [0.29, 0.717) is 24.3 Å². The number of esters is 1. The van der Waals surface area contributed by atoms with Gasteiger partial charge in [-0.05, 0) is 38.1 Å². The molecule has 0 saturated carbocycles. The van der Waals surface area contributed by atoms with Crippen LogP contribution in [0.25, 0.3) is 0 Å². The third kappa shape index (κ3) is 4.13. The van der Waals surface area contributed by atoms with Gasteiger partial charge in [0.05, 0.1) is 29.8 Å². The summed E-state index contributed by atoms with van der Waals surface area (Å²) in [5, 5.41) is 2.79. The third-order valence-corrected chi connectivity index (χ3v) is 3.78. The predicted octanol–water partition coefficient (Wildman–Crippen LogP) is 2.81. The van der Waals surface area contributed by atoms with Gasteiger partial charge < -0.3 is 10.1 Å². The smallest absolute Gasteiger partial charge is 0.338 e. The van der Waals surface area contributed by atoms with E-state index in [-0.39, 0.29) is 11.9 Å². The van der Waals surface area contributed by atoms with Crippen molar-refractivity contribution < 1.29 is 14.3 Å². The number of ether oxygens (including phenoxy) is 1. The van der Waals surface area contributed by atoms with E-state index in [1.54, 1.807) is 36.7 Å². The van der Waals surface area contributed by atoms with Crippen LogP contribution in [0.4, 0.5) is 5.69 Å². The fraction of sp³-hybridized carbons (Fsp3) is 0.267. The van der Waals surface area contributed by atoms with E-state index < -0.39 is 0 Å². The molecule has 0 bridgehead atoms. The van der Waals surface area contributed by atoms with E-state index >= 15 is 0 Å². The number of benzene rings is 1.